The number of fused-ring (bicyclic) bond motifs is 5. The van der Waals surface area contributed by atoms with Gasteiger partial charge in [0.25, 0.3) is 0 Å². The molecule has 4 aromatic carbocycles. The Bertz CT molecular complexity index is 1980. The van der Waals surface area contributed by atoms with E-state index in [1.807, 2.05) is 30.3 Å². The molecule has 4 atom stereocenters. The van der Waals surface area contributed by atoms with Gasteiger partial charge in [-0.2, -0.15) is 5.26 Å². The van der Waals surface area contributed by atoms with E-state index >= 15 is 0 Å². The van der Waals surface area contributed by atoms with Crippen LogP contribution in [-0.2, 0) is 10.8 Å². The number of hydrogen-bond donors (Lipinski definition) is 0. The Morgan fingerprint density at radius 2 is 1.28 bits per heavy atom. The maximum Gasteiger partial charge on any atom is 0.164 e. The van der Waals surface area contributed by atoms with Crippen LogP contribution in [0, 0.1) is 29.1 Å². The number of aromatic nitrogens is 3. The molecule has 0 N–H and O–H groups in total. The molecule has 0 spiro atoms. The van der Waals surface area contributed by atoms with Crippen LogP contribution in [0.5, 0.6) is 0 Å². The Hall–Kier alpha value is -4.62. The molecule has 0 saturated heterocycles. The summed E-state index contributed by atoms with van der Waals surface area (Å²) >= 11 is 0. The topological polar surface area (TPSA) is 62.5 Å². The highest BCUT2D eigenvalue weighted by atomic mass is 15.0. The van der Waals surface area contributed by atoms with Crippen LogP contribution in [0.1, 0.15) is 82.1 Å². The number of nitriles is 1. The molecule has 1 unspecified atom stereocenters. The highest BCUT2D eigenvalue weighted by Gasteiger charge is 2.45. The molecular weight excluding hydrogens is 560 g/mol. The van der Waals surface area contributed by atoms with Gasteiger partial charge in [-0.15, -0.1) is 0 Å². The Morgan fingerprint density at radius 1 is 0.652 bits per heavy atom. The van der Waals surface area contributed by atoms with Crippen LogP contribution in [-0.4, -0.2) is 15.0 Å². The van der Waals surface area contributed by atoms with Gasteiger partial charge < -0.3 is 0 Å². The van der Waals surface area contributed by atoms with Gasteiger partial charge in [0.2, 0.25) is 0 Å². The van der Waals surface area contributed by atoms with E-state index in [1.165, 1.54) is 48.8 Å². The van der Waals surface area contributed by atoms with E-state index in [-0.39, 0.29) is 10.8 Å². The normalized spacial score (nSPS) is 24.1. The highest BCUT2D eigenvalue weighted by Crippen LogP contribution is 2.54. The maximum absolute atomic E-state index is 9.64. The number of hydrogen-bond acceptors (Lipinski definition) is 4. The number of rotatable bonds is 4. The summed E-state index contributed by atoms with van der Waals surface area (Å²) in [5, 5.41) is 9.64. The number of benzene rings is 4. The molecule has 0 amide bonds. The lowest BCUT2D eigenvalue weighted by Crippen LogP contribution is -2.42. The van der Waals surface area contributed by atoms with E-state index in [4.69, 9.17) is 15.0 Å². The Morgan fingerprint density at radius 3 is 1.96 bits per heavy atom. The average Bonchev–Trinajstić information content (AvgIpc) is 3.30. The van der Waals surface area contributed by atoms with Gasteiger partial charge in [-0.05, 0) is 95.2 Å². The fraction of sp³-hybridized carbons (Fsp3) is 0.333. The predicted molar refractivity (Wildman–Crippen MR) is 185 cm³/mol. The summed E-state index contributed by atoms with van der Waals surface area (Å²) in [4.78, 5) is 15.4. The molecule has 3 aliphatic carbocycles. The molecule has 4 nitrogen and oxygen atoms in total. The summed E-state index contributed by atoms with van der Waals surface area (Å²) in [6, 6.07) is 34.2. The Kier molecular flexibility index (Phi) is 6.73. The summed E-state index contributed by atoms with van der Waals surface area (Å²) in [5.41, 5.74) is 9.82. The summed E-state index contributed by atoms with van der Waals surface area (Å²) < 4.78 is 0. The van der Waals surface area contributed by atoms with Crippen molar-refractivity contribution in [3.05, 3.63) is 113 Å². The summed E-state index contributed by atoms with van der Waals surface area (Å²) in [5.74, 6) is 4.44. The van der Waals surface area contributed by atoms with Gasteiger partial charge >= 0.3 is 0 Å². The van der Waals surface area contributed by atoms with Crippen LogP contribution in [0.2, 0.25) is 0 Å². The molecule has 4 heteroatoms. The van der Waals surface area contributed by atoms with Crippen molar-refractivity contribution in [1.82, 2.24) is 15.0 Å². The summed E-state index contributed by atoms with van der Waals surface area (Å²) in [6.07, 6.45) is 6.65. The van der Waals surface area contributed by atoms with E-state index in [2.05, 4.69) is 94.4 Å². The largest absolute Gasteiger partial charge is 0.208 e. The molecule has 0 aliphatic heterocycles. The van der Waals surface area contributed by atoms with Crippen LogP contribution in [0.4, 0.5) is 0 Å². The van der Waals surface area contributed by atoms with E-state index < -0.39 is 0 Å². The van der Waals surface area contributed by atoms with Crippen LogP contribution < -0.4 is 0 Å². The SMILES string of the molecule is C[C@@H]1C[C@@H]2C[C@H](C)CC(c3ccc(-c4nc(-c5ccccc5)nc(-c5cccc6c5C(C)(C)c5ccc(C#N)cc5-6)n4)cc3)(C1)C2. The average molecular weight is 601 g/mol. The second-order valence-corrected chi connectivity index (χ2v) is 14.9. The van der Waals surface area contributed by atoms with Crippen LogP contribution in [0.3, 0.4) is 0 Å². The zero-order valence-corrected chi connectivity index (χ0v) is 27.2. The molecule has 0 radical (unpaired) electrons. The van der Waals surface area contributed by atoms with Crippen molar-refractivity contribution < 1.29 is 0 Å². The van der Waals surface area contributed by atoms with Gasteiger partial charge in [0.05, 0.1) is 11.6 Å². The monoisotopic (exact) mass is 600 g/mol. The minimum Gasteiger partial charge on any atom is -0.208 e. The minimum absolute atomic E-state index is 0.276. The van der Waals surface area contributed by atoms with Gasteiger partial charge in [-0.1, -0.05) is 107 Å². The molecule has 1 heterocycles. The smallest absolute Gasteiger partial charge is 0.164 e. The van der Waals surface area contributed by atoms with Crippen molar-refractivity contribution in [2.45, 2.75) is 70.6 Å². The summed E-state index contributed by atoms with van der Waals surface area (Å²) in [6.45, 7) is 9.42. The van der Waals surface area contributed by atoms with Gasteiger partial charge in [0.1, 0.15) is 0 Å². The number of nitrogens with zero attached hydrogens (tertiary/aromatic N) is 4. The molecule has 3 aliphatic rings. The predicted octanol–water partition coefficient (Wildman–Crippen LogP) is 10.2. The molecule has 228 valence electrons. The molecule has 2 saturated carbocycles. The van der Waals surface area contributed by atoms with E-state index in [0.29, 0.717) is 23.0 Å². The second-order valence-electron chi connectivity index (χ2n) is 14.9. The molecule has 8 rings (SSSR count). The lowest BCUT2D eigenvalue weighted by Gasteiger charge is -2.50. The molecule has 5 aromatic rings. The maximum atomic E-state index is 9.64. The third kappa shape index (κ3) is 4.68. The van der Waals surface area contributed by atoms with Crippen LogP contribution in [0.25, 0.3) is 45.3 Å². The first-order chi connectivity index (χ1) is 22.2. The van der Waals surface area contributed by atoms with Crippen molar-refractivity contribution in [3.8, 4) is 51.4 Å². The van der Waals surface area contributed by atoms with Crippen LogP contribution in [0.15, 0.2) is 91.0 Å². The fourth-order valence-electron chi connectivity index (χ4n) is 9.53. The first-order valence-corrected chi connectivity index (χ1v) is 16.9. The summed E-state index contributed by atoms with van der Waals surface area (Å²) in [7, 11) is 0. The first kappa shape index (κ1) is 28.8. The second kappa shape index (κ2) is 10.7. The highest BCUT2D eigenvalue weighted by molar-refractivity contribution is 5.87. The van der Waals surface area contributed by atoms with Crippen LogP contribution >= 0.6 is 0 Å². The zero-order valence-electron chi connectivity index (χ0n) is 27.2. The first-order valence-electron chi connectivity index (χ1n) is 16.9. The van der Waals surface area contributed by atoms with Gasteiger partial charge in [-0.3, -0.25) is 0 Å². The quantitative estimate of drug-likeness (QED) is 0.206. The van der Waals surface area contributed by atoms with E-state index in [0.717, 1.165) is 45.6 Å². The minimum atomic E-state index is -0.276. The van der Waals surface area contributed by atoms with Gasteiger partial charge in [-0.25, -0.2) is 15.0 Å². The van der Waals surface area contributed by atoms with Crippen molar-refractivity contribution in [1.29, 1.82) is 5.26 Å². The van der Waals surface area contributed by atoms with Crippen molar-refractivity contribution >= 4 is 0 Å². The van der Waals surface area contributed by atoms with E-state index in [1.54, 1.807) is 0 Å². The third-order valence-corrected chi connectivity index (χ3v) is 11.1. The van der Waals surface area contributed by atoms with E-state index in [9.17, 15) is 5.26 Å². The Balaban J connectivity index is 1.25. The molecule has 1 aromatic heterocycles. The lowest BCUT2D eigenvalue weighted by molar-refractivity contribution is 0.0780. The third-order valence-electron chi connectivity index (χ3n) is 11.1. The zero-order chi connectivity index (χ0) is 31.6. The standard InChI is InChI=1S/C42H40N4/c1-26-19-29-20-27(2)23-42(22-26,24-29)32-16-14-31(15-17-32)39-44-38(30-9-6-5-7-10-30)45-40(46-39)34-12-8-11-33-35-21-28(25-43)13-18-36(35)41(3,4)37(33)34/h5-18,21,26-27,29H,19-20,22-24H2,1-4H3/t26-,27+,29-,42?. The van der Waals surface area contributed by atoms with Crippen molar-refractivity contribution in [2.24, 2.45) is 17.8 Å². The Labute approximate surface area is 272 Å². The van der Waals surface area contributed by atoms with Crippen molar-refractivity contribution in [2.75, 3.05) is 0 Å². The molecule has 2 fully saturated rings. The van der Waals surface area contributed by atoms with Gasteiger partial charge in [0.15, 0.2) is 17.5 Å². The molecule has 46 heavy (non-hydrogen) atoms. The lowest BCUT2D eigenvalue weighted by atomic mass is 9.54. The molecule has 2 bridgehead atoms. The molecular formula is C42H40N4. The fourth-order valence-corrected chi connectivity index (χ4v) is 9.53. The van der Waals surface area contributed by atoms with Gasteiger partial charge in [0, 0.05) is 22.1 Å². The van der Waals surface area contributed by atoms with Crippen molar-refractivity contribution in [3.63, 3.8) is 0 Å².